The zero-order valence-corrected chi connectivity index (χ0v) is 24.9. The van der Waals surface area contributed by atoms with Crippen molar-refractivity contribution in [3.05, 3.63) is 98.6 Å². The molecule has 0 saturated heterocycles. The number of hydrazone groups is 1. The molecule has 1 heterocycles. The number of carbonyl (C=O) groups is 2. The summed E-state index contributed by atoms with van der Waals surface area (Å²) in [6.45, 7) is 5.19. The summed E-state index contributed by atoms with van der Waals surface area (Å²) >= 11 is 18.2. The number of ether oxygens (including phenoxy) is 1. The summed E-state index contributed by atoms with van der Waals surface area (Å²) in [7, 11) is 0. The van der Waals surface area contributed by atoms with Crippen LogP contribution in [0.4, 0.5) is 11.4 Å². The smallest absolute Gasteiger partial charge is 0.277 e. The van der Waals surface area contributed by atoms with Gasteiger partial charge in [-0.25, -0.2) is 5.43 Å². The third kappa shape index (κ3) is 7.04. The van der Waals surface area contributed by atoms with Gasteiger partial charge in [0.15, 0.2) is 12.4 Å². The van der Waals surface area contributed by atoms with Crippen molar-refractivity contribution in [1.82, 2.24) is 5.43 Å². The van der Waals surface area contributed by atoms with Gasteiger partial charge in [0.2, 0.25) is 0 Å². The number of hydrogen-bond donors (Lipinski definition) is 1. The number of nitrogens with zero attached hydrogens (tertiary/aromatic N) is 3. The summed E-state index contributed by atoms with van der Waals surface area (Å²) in [6, 6.07) is 20.2. The molecule has 3 aromatic carbocycles. The van der Waals surface area contributed by atoms with Gasteiger partial charge in [-0.1, -0.05) is 54.7 Å². The van der Waals surface area contributed by atoms with Crippen molar-refractivity contribution in [3.63, 3.8) is 0 Å². The van der Waals surface area contributed by atoms with Crippen molar-refractivity contribution in [1.29, 1.82) is 0 Å². The van der Waals surface area contributed by atoms with Crippen molar-refractivity contribution < 1.29 is 14.3 Å². The Labute approximate surface area is 254 Å². The number of benzene rings is 3. The number of anilines is 2. The second kappa shape index (κ2) is 12.1. The van der Waals surface area contributed by atoms with Gasteiger partial charge in [-0.15, -0.1) is 0 Å². The fraction of sp³-hybridized carbons (Fsp3) is 0.258. The lowest BCUT2D eigenvalue weighted by Crippen LogP contribution is -2.48. The van der Waals surface area contributed by atoms with Crippen LogP contribution in [0.5, 0.6) is 5.75 Å². The molecule has 41 heavy (non-hydrogen) atoms. The molecule has 0 aromatic heterocycles. The summed E-state index contributed by atoms with van der Waals surface area (Å²) < 4.78 is 5.65. The Balaban J connectivity index is 1.24. The van der Waals surface area contributed by atoms with Crippen LogP contribution in [0.3, 0.4) is 0 Å². The molecular formula is C31H29Cl3N4O3. The van der Waals surface area contributed by atoms with E-state index >= 15 is 0 Å². The van der Waals surface area contributed by atoms with E-state index in [0.717, 1.165) is 29.1 Å². The Morgan fingerprint density at radius 3 is 2.37 bits per heavy atom. The van der Waals surface area contributed by atoms with Gasteiger partial charge in [0.25, 0.3) is 5.91 Å². The molecule has 0 spiro atoms. The van der Waals surface area contributed by atoms with Crippen LogP contribution in [0.1, 0.15) is 32.3 Å². The second-order valence-corrected chi connectivity index (χ2v) is 12.1. The van der Waals surface area contributed by atoms with Crippen LogP contribution in [0.25, 0.3) is 0 Å². The van der Waals surface area contributed by atoms with E-state index in [2.05, 4.69) is 34.2 Å². The molecule has 3 aromatic rings. The Morgan fingerprint density at radius 1 is 0.976 bits per heavy atom. The predicted octanol–water partition coefficient (Wildman–Crippen LogP) is 7.10. The van der Waals surface area contributed by atoms with Gasteiger partial charge >= 0.3 is 0 Å². The average molecular weight is 612 g/mol. The molecule has 1 aliphatic carbocycles. The monoisotopic (exact) mass is 610 g/mol. The van der Waals surface area contributed by atoms with E-state index in [4.69, 9.17) is 39.5 Å². The standard InChI is InChI=1S/C31H29Cl3N4O3/c1-31(2)14-28-26(29(39)15-31)17-37(19-38(28)24-7-5-21(32)6-8-24)23-9-11-25(12-10-23)41-18-30(40)36-35-16-20-3-4-22(33)13-27(20)34/h3-13,16H,14-15,17-19H2,1-2H3,(H,36,40)/b35-16+. The van der Waals surface area contributed by atoms with Crippen LogP contribution >= 0.6 is 34.8 Å². The molecule has 0 bridgehead atoms. The average Bonchev–Trinajstić information content (AvgIpc) is 2.93. The predicted molar refractivity (Wildman–Crippen MR) is 165 cm³/mol. The first kappa shape index (κ1) is 29.0. The molecule has 10 heteroatoms. The molecule has 1 aliphatic heterocycles. The Morgan fingerprint density at radius 2 is 1.66 bits per heavy atom. The number of Topliss-reactive ketones (excluding diaryl/α,β-unsaturated/α-hetero) is 1. The molecule has 0 atom stereocenters. The number of ketones is 1. The van der Waals surface area contributed by atoms with E-state index in [-0.39, 0.29) is 17.8 Å². The lowest BCUT2D eigenvalue weighted by molar-refractivity contribution is -0.123. The van der Waals surface area contributed by atoms with E-state index in [0.29, 0.717) is 46.0 Å². The highest BCUT2D eigenvalue weighted by atomic mass is 35.5. The van der Waals surface area contributed by atoms with E-state index in [1.165, 1.54) is 6.21 Å². The molecule has 0 saturated carbocycles. The van der Waals surface area contributed by atoms with E-state index in [1.54, 1.807) is 18.2 Å². The second-order valence-electron chi connectivity index (χ2n) is 10.9. The summed E-state index contributed by atoms with van der Waals surface area (Å²) in [5, 5.41) is 5.54. The lowest BCUT2D eigenvalue weighted by atomic mass is 9.74. The van der Waals surface area contributed by atoms with Crippen molar-refractivity contribution >= 4 is 64.1 Å². The first-order valence-corrected chi connectivity index (χ1v) is 14.2. The number of carbonyl (C=O) groups excluding carboxylic acids is 2. The quantitative estimate of drug-likeness (QED) is 0.228. The molecule has 0 unspecified atom stereocenters. The van der Waals surface area contributed by atoms with Crippen molar-refractivity contribution in [2.75, 3.05) is 29.6 Å². The number of rotatable bonds is 7. The van der Waals surface area contributed by atoms with Gasteiger partial charge in [-0.2, -0.15) is 5.10 Å². The number of allylic oxidation sites excluding steroid dienone is 1. The minimum atomic E-state index is -0.414. The fourth-order valence-electron chi connectivity index (χ4n) is 5.01. The third-order valence-electron chi connectivity index (χ3n) is 7.02. The summed E-state index contributed by atoms with van der Waals surface area (Å²) in [5.41, 5.74) is 6.81. The van der Waals surface area contributed by atoms with Gasteiger partial charge in [0, 0.05) is 51.2 Å². The normalized spacial score (nSPS) is 16.7. The highest BCUT2D eigenvalue weighted by molar-refractivity contribution is 6.36. The van der Waals surface area contributed by atoms with Crippen molar-refractivity contribution in [2.45, 2.75) is 26.7 Å². The van der Waals surface area contributed by atoms with Gasteiger partial charge < -0.3 is 14.5 Å². The molecule has 0 fully saturated rings. The molecule has 0 radical (unpaired) electrons. The molecule has 1 N–H and O–H groups in total. The van der Waals surface area contributed by atoms with Crippen LogP contribution in [-0.4, -0.2) is 37.7 Å². The van der Waals surface area contributed by atoms with Crippen LogP contribution < -0.4 is 20.0 Å². The molecule has 1 amide bonds. The molecule has 212 valence electrons. The molecule has 2 aliphatic rings. The van der Waals surface area contributed by atoms with Gasteiger partial charge in [-0.05, 0) is 72.5 Å². The third-order valence-corrected chi connectivity index (χ3v) is 7.84. The minimum Gasteiger partial charge on any atom is -0.484 e. The van der Waals surface area contributed by atoms with Crippen molar-refractivity contribution in [3.8, 4) is 5.75 Å². The Bertz CT molecular complexity index is 1520. The van der Waals surface area contributed by atoms with Gasteiger partial charge in [0.1, 0.15) is 5.75 Å². The van der Waals surface area contributed by atoms with Crippen LogP contribution in [0, 0.1) is 5.41 Å². The summed E-state index contributed by atoms with van der Waals surface area (Å²) in [5.74, 6) is 0.311. The highest BCUT2D eigenvalue weighted by Crippen LogP contribution is 2.42. The maximum absolute atomic E-state index is 13.2. The molecular weight excluding hydrogens is 583 g/mol. The van der Waals surface area contributed by atoms with Crippen molar-refractivity contribution in [2.24, 2.45) is 10.5 Å². The highest BCUT2D eigenvalue weighted by Gasteiger charge is 2.39. The Hall–Kier alpha value is -3.52. The number of halogens is 3. The maximum atomic E-state index is 13.2. The van der Waals surface area contributed by atoms with Crippen LogP contribution in [0.2, 0.25) is 15.1 Å². The topological polar surface area (TPSA) is 74.2 Å². The molecule has 5 rings (SSSR count). The first-order chi connectivity index (χ1) is 19.6. The van der Waals surface area contributed by atoms with E-state index in [1.807, 2.05) is 48.5 Å². The Kier molecular flexibility index (Phi) is 8.59. The van der Waals surface area contributed by atoms with Crippen LogP contribution in [-0.2, 0) is 9.59 Å². The largest absolute Gasteiger partial charge is 0.484 e. The minimum absolute atomic E-state index is 0.0950. The fourth-order valence-corrected chi connectivity index (χ4v) is 5.59. The van der Waals surface area contributed by atoms with Gasteiger partial charge in [0.05, 0.1) is 17.9 Å². The number of amides is 1. The zero-order valence-electron chi connectivity index (χ0n) is 22.7. The van der Waals surface area contributed by atoms with Crippen LogP contribution in [0.15, 0.2) is 83.1 Å². The van der Waals surface area contributed by atoms with Gasteiger partial charge in [-0.3, -0.25) is 9.59 Å². The van der Waals surface area contributed by atoms with E-state index in [9.17, 15) is 9.59 Å². The first-order valence-electron chi connectivity index (χ1n) is 13.1. The summed E-state index contributed by atoms with van der Waals surface area (Å²) in [4.78, 5) is 29.8. The van der Waals surface area contributed by atoms with E-state index < -0.39 is 5.91 Å². The molecule has 7 nitrogen and oxygen atoms in total. The maximum Gasteiger partial charge on any atom is 0.277 e. The SMILES string of the molecule is CC1(C)CC(=O)C2=C(C1)N(c1ccc(Cl)cc1)CN(c1ccc(OCC(=O)N/N=C/c3ccc(Cl)cc3Cl)cc1)C2. The number of hydrogen-bond acceptors (Lipinski definition) is 6. The number of nitrogens with one attached hydrogen (secondary N) is 1. The lowest BCUT2D eigenvalue weighted by Gasteiger charge is -2.45. The zero-order chi connectivity index (χ0) is 29.1. The summed E-state index contributed by atoms with van der Waals surface area (Å²) in [6.07, 6.45) is 2.80.